The van der Waals surface area contributed by atoms with E-state index in [1.165, 1.54) is 13.0 Å². The summed E-state index contributed by atoms with van der Waals surface area (Å²) in [7, 11) is 0. The summed E-state index contributed by atoms with van der Waals surface area (Å²) < 4.78 is 4.68. The largest absolute Gasteiger partial charge is 0.461 e. The van der Waals surface area contributed by atoms with Crippen molar-refractivity contribution in [2.75, 3.05) is 6.61 Å². The highest BCUT2D eigenvalue weighted by Crippen LogP contribution is 2.18. The van der Waals surface area contributed by atoms with Gasteiger partial charge in [-0.15, -0.1) is 0 Å². The van der Waals surface area contributed by atoms with Crippen LogP contribution < -0.4 is 0 Å². The number of rotatable bonds is 3. The van der Waals surface area contributed by atoms with E-state index in [1.54, 1.807) is 6.92 Å². The molecule has 6 heteroatoms. The number of hydrogen-bond acceptors (Lipinski definition) is 4. The summed E-state index contributed by atoms with van der Waals surface area (Å²) in [5.41, 5.74) is 0.349. The van der Waals surface area contributed by atoms with E-state index >= 15 is 0 Å². The highest BCUT2D eigenvalue weighted by molar-refractivity contribution is 5.88. The van der Waals surface area contributed by atoms with Crippen LogP contribution in [0.15, 0.2) is 6.07 Å². The number of carbonyl (C=O) groups is 1. The second kappa shape index (κ2) is 3.91. The van der Waals surface area contributed by atoms with Gasteiger partial charge in [0.15, 0.2) is 0 Å². The molecule has 0 atom stereocenters. The molecule has 1 rings (SSSR count). The molecule has 0 aliphatic rings. The third kappa shape index (κ3) is 1.90. The number of nitrogens with one attached hydrogen (secondary N) is 1. The summed E-state index contributed by atoms with van der Waals surface area (Å²) in [5.74, 6) is -0.580. The average Bonchev–Trinajstić information content (AvgIpc) is 2.48. The molecule has 0 bridgehead atoms. The summed E-state index contributed by atoms with van der Waals surface area (Å²) >= 11 is 0. The van der Waals surface area contributed by atoms with Crippen molar-refractivity contribution < 1.29 is 14.5 Å². The first-order chi connectivity index (χ1) is 6.56. The van der Waals surface area contributed by atoms with Crippen LogP contribution in [0, 0.1) is 17.0 Å². The Kier molecular flexibility index (Phi) is 2.85. The van der Waals surface area contributed by atoms with Gasteiger partial charge in [-0.05, 0) is 13.8 Å². The first kappa shape index (κ1) is 10.2. The van der Waals surface area contributed by atoms with Crippen molar-refractivity contribution in [3.8, 4) is 0 Å². The Bertz CT molecular complexity index is 369. The zero-order chi connectivity index (χ0) is 10.7. The lowest BCUT2D eigenvalue weighted by molar-refractivity contribution is -0.385. The van der Waals surface area contributed by atoms with Gasteiger partial charge in [0.1, 0.15) is 5.69 Å². The molecule has 0 saturated carbocycles. The van der Waals surface area contributed by atoms with Gasteiger partial charge in [0.2, 0.25) is 0 Å². The molecule has 1 aromatic rings. The monoisotopic (exact) mass is 198 g/mol. The third-order valence-corrected chi connectivity index (χ3v) is 1.68. The predicted molar refractivity (Wildman–Crippen MR) is 48.1 cm³/mol. The van der Waals surface area contributed by atoms with Gasteiger partial charge in [0.25, 0.3) is 5.69 Å². The molecule has 1 heterocycles. The normalized spacial score (nSPS) is 9.86. The van der Waals surface area contributed by atoms with Crippen LogP contribution in [0.3, 0.4) is 0 Å². The Morgan fingerprint density at radius 1 is 1.71 bits per heavy atom. The van der Waals surface area contributed by atoms with Crippen molar-refractivity contribution in [2.24, 2.45) is 0 Å². The van der Waals surface area contributed by atoms with Crippen molar-refractivity contribution in [1.29, 1.82) is 0 Å². The smallest absolute Gasteiger partial charge is 0.354 e. The van der Waals surface area contributed by atoms with Crippen LogP contribution in [0.5, 0.6) is 0 Å². The molecule has 0 saturated heterocycles. The number of hydrogen-bond donors (Lipinski definition) is 1. The maximum absolute atomic E-state index is 11.2. The zero-order valence-corrected chi connectivity index (χ0v) is 7.86. The van der Waals surface area contributed by atoms with Gasteiger partial charge in [0, 0.05) is 6.07 Å². The highest BCUT2D eigenvalue weighted by Gasteiger charge is 2.19. The number of ether oxygens (including phenoxy) is 1. The molecular formula is C8H10N2O4. The molecule has 76 valence electrons. The third-order valence-electron chi connectivity index (χ3n) is 1.68. The lowest BCUT2D eigenvalue weighted by Gasteiger charge is -1.96. The van der Waals surface area contributed by atoms with Gasteiger partial charge in [-0.2, -0.15) is 0 Å². The van der Waals surface area contributed by atoms with Crippen molar-refractivity contribution in [1.82, 2.24) is 4.98 Å². The standard InChI is InChI=1S/C8H10N2O4/c1-3-14-8(11)6-4-7(10(12)13)5(2)9-6/h4,9H,3H2,1-2H3. The van der Waals surface area contributed by atoms with Crippen LogP contribution in [0.2, 0.25) is 0 Å². The molecule has 0 radical (unpaired) electrons. The number of aromatic nitrogens is 1. The Morgan fingerprint density at radius 2 is 2.36 bits per heavy atom. The molecule has 0 fully saturated rings. The van der Waals surface area contributed by atoms with Gasteiger partial charge in [-0.25, -0.2) is 4.79 Å². The van der Waals surface area contributed by atoms with E-state index in [4.69, 9.17) is 0 Å². The molecular weight excluding hydrogens is 188 g/mol. The van der Waals surface area contributed by atoms with Crippen LogP contribution in [-0.4, -0.2) is 22.5 Å². The fourth-order valence-electron chi connectivity index (χ4n) is 1.06. The molecule has 6 nitrogen and oxygen atoms in total. The van der Waals surface area contributed by atoms with Crippen LogP contribution in [0.25, 0.3) is 0 Å². The van der Waals surface area contributed by atoms with Gasteiger partial charge in [-0.1, -0.05) is 0 Å². The molecule has 0 aromatic carbocycles. The Hall–Kier alpha value is -1.85. The van der Waals surface area contributed by atoms with E-state index in [2.05, 4.69) is 9.72 Å². The van der Waals surface area contributed by atoms with Gasteiger partial charge < -0.3 is 9.72 Å². The average molecular weight is 198 g/mol. The van der Waals surface area contributed by atoms with E-state index in [0.717, 1.165) is 0 Å². The highest BCUT2D eigenvalue weighted by atomic mass is 16.6. The minimum Gasteiger partial charge on any atom is -0.461 e. The Labute approximate surface area is 80.0 Å². The van der Waals surface area contributed by atoms with Gasteiger partial charge in [-0.3, -0.25) is 10.1 Å². The predicted octanol–water partition coefficient (Wildman–Crippen LogP) is 1.41. The number of esters is 1. The Balaban J connectivity index is 2.96. The van der Waals surface area contributed by atoms with Crippen molar-refractivity contribution in [3.05, 3.63) is 27.6 Å². The first-order valence-corrected chi connectivity index (χ1v) is 4.07. The molecule has 14 heavy (non-hydrogen) atoms. The fraction of sp³-hybridized carbons (Fsp3) is 0.375. The molecule has 1 N–H and O–H groups in total. The number of carbonyl (C=O) groups excluding carboxylic acids is 1. The van der Waals surface area contributed by atoms with Crippen LogP contribution in [-0.2, 0) is 4.74 Å². The topological polar surface area (TPSA) is 85.2 Å². The van der Waals surface area contributed by atoms with Crippen LogP contribution >= 0.6 is 0 Å². The molecule has 0 spiro atoms. The van der Waals surface area contributed by atoms with Crippen molar-refractivity contribution in [3.63, 3.8) is 0 Å². The molecule has 0 aliphatic heterocycles. The number of H-pyrrole nitrogens is 1. The number of nitrogens with zero attached hydrogens (tertiary/aromatic N) is 1. The lowest BCUT2D eigenvalue weighted by atomic mass is 10.4. The SMILES string of the molecule is CCOC(=O)c1cc([N+](=O)[O-])c(C)[nH]1. The molecule has 0 amide bonds. The minimum atomic E-state index is -0.580. The summed E-state index contributed by atoms with van der Waals surface area (Å²) in [6, 6.07) is 1.17. The van der Waals surface area contributed by atoms with E-state index < -0.39 is 10.9 Å². The maximum atomic E-state index is 11.2. The number of aryl methyl sites for hydroxylation is 1. The van der Waals surface area contributed by atoms with Crippen LogP contribution in [0.4, 0.5) is 5.69 Å². The van der Waals surface area contributed by atoms with Gasteiger partial charge >= 0.3 is 5.97 Å². The van der Waals surface area contributed by atoms with Crippen molar-refractivity contribution >= 4 is 11.7 Å². The molecule has 0 aliphatic carbocycles. The van der Waals surface area contributed by atoms with Crippen LogP contribution in [0.1, 0.15) is 23.1 Å². The second-order valence-electron chi connectivity index (χ2n) is 2.67. The second-order valence-corrected chi connectivity index (χ2v) is 2.67. The quantitative estimate of drug-likeness (QED) is 0.452. The summed E-state index contributed by atoms with van der Waals surface area (Å²) in [4.78, 5) is 23.7. The summed E-state index contributed by atoms with van der Waals surface area (Å²) in [6.45, 7) is 3.44. The summed E-state index contributed by atoms with van der Waals surface area (Å²) in [5, 5.41) is 10.4. The van der Waals surface area contributed by atoms with E-state index in [9.17, 15) is 14.9 Å². The maximum Gasteiger partial charge on any atom is 0.354 e. The lowest BCUT2D eigenvalue weighted by Crippen LogP contribution is -2.04. The fourth-order valence-corrected chi connectivity index (χ4v) is 1.06. The summed E-state index contributed by atoms with van der Waals surface area (Å²) in [6.07, 6.45) is 0. The minimum absolute atomic E-state index is 0.104. The zero-order valence-electron chi connectivity index (χ0n) is 7.86. The van der Waals surface area contributed by atoms with E-state index in [-0.39, 0.29) is 18.0 Å². The van der Waals surface area contributed by atoms with Gasteiger partial charge in [0.05, 0.1) is 17.2 Å². The number of nitro groups is 1. The molecule has 1 aromatic heterocycles. The van der Waals surface area contributed by atoms with Crippen molar-refractivity contribution in [2.45, 2.75) is 13.8 Å². The van der Waals surface area contributed by atoms with E-state index in [1.807, 2.05) is 0 Å². The van der Waals surface area contributed by atoms with E-state index in [0.29, 0.717) is 5.69 Å². The number of aromatic amines is 1. The Morgan fingerprint density at radius 3 is 2.79 bits per heavy atom. The molecule has 0 unspecified atom stereocenters. The first-order valence-electron chi connectivity index (χ1n) is 4.07.